The maximum absolute atomic E-state index is 13.0. The summed E-state index contributed by atoms with van der Waals surface area (Å²) in [6.45, 7) is 0.0744. The van der Waals surface area contributed by atoms with Gasteiger partial charge < -0.3 is 4.42 Å². The van der Waals surface area contributed by atoms with Gasteiger partial charge in [-0.3, -0.25) is 14.5 Å². The fourth-order valence-corrected chi connectivity index (χ4v) is 5.69. The van der Waals surface area contributed by atoms with Crippen LogP contribution in [0.5, 0.6) is 0 Å². The summed E-state index contributed by atoms with van der Waals surface area (Å²) in [6.07, 6.45) is 1.55. The molecule has 0 aliphatic carbocycles. The predicted molar refractivity (Wildman–Crippen MR) is 144 cm³/mol. The van der Waals surface area contributed by atoms with Crippen LogP contribution < -0.4 is 5.14 Å². The molecule has 186 valence electrons. The topological polar surface area (TPSA) is 111 Å². The smallest absolute Gasteiger partial charge is 0.293 e. The largest absolute Gasteiger partial charge is 0.457 e. The van der Waals surface area contributed by atoms with Crippen LogP contribution >= 0.6 is 23.4 Å². The van der Waals surface area contributed by atoms with Crippen molar-refractivity contribution in [2.75, 3.05) is 0 Å². The monoisotopic (exact) mass is 550 g/mol. The maximum atomic E-state index is 13.0. The fourth-order valence-electron chi connectivity index (χ4n) is 3.92. The first kappa shape index (κ1) is 25.0. The number of hydrogen-bond acceptors (Lipinski definition) is 6. The molecule has 0 saturated carbocycles. The van der Waals surface area contributed by atoms with E-state index in [-0.39, 0.29) is 21.6 Å². The highest BCUT2D eigenvalue weighted by atomic mass is 35.5. The van der Waals surface area contributed by atoms with Crippen LogP contribution in [0.2, 0.25) is 5.02 Å². The molecule has 7 nitrogen and oxygen atoms in total. The van der Waals surface area contributed by atoms with E-state index in [0.29, 0.717) is 33.2 Å². The van der Waals surface area contributed by atoms with Gasteiger partial charge in [-0.15, -0.1) is 0 Å². The summed E-state index contributed by atoms with van der Waals surface area (Å²) in [6, 6.07) is 24.1. The van der Waals surface area contributed by atoms with Crippen LogP contribution in [-0.2, 0) is 21.4 Å². The molecule has 10 heteroatoms. The lowest BCUT2D eigenvalue weighted by Crippen LogP contribution is -2.27. The molecule has 1 fully saturated rings. The molecule has 3 aromatic carbocycles. The van der Waals surface area contributed by atoms with E-state index in [1.165, 1.54) is 6.07 Å². The second-order valence-electron chi connectivity index (χ2n) is 8.22. The van der Waals surface area contributed by atoms with E-state index in [1.54, 1.807) is 72.8 Å². The molecular formula is C27H19ClN2O5S2. The van der Waals surface area contributed by atoms with Gasteiger partial charge in [0.1, 0.15) is 11.5 Å². The average Bonchev–Trinajstić information content (AvgIpc) is 3.44. The number of hydrogen-bond donors (Lipinski definition) is 1. The van der Waals surface area contributed by atoms with Crippen LogP contribution in [0, 0.1) is 0 Å². The molecule has 0 spiro atoms. The minimum absolute atomic E-state index is 0.0234. The molecule has 0 unspecified atom stereocenters. The van der Waals surface area contributed by atoms with Gasteiger partial charge in [0, 0.05) is 22.2 Å². The normalized spacial score (nSPS) is 15.1. The highest BCUT2D eigenvalue weighted by Crippen LogP contribution is 2.35. The number of carbonyl (C=O) groups is 2. The molecule has 1 saturated heterocycles. The number of benzene rings is 3. The Labute approximate surface area is 222 Å². The van der Waals surface area contributed by atoms with Gasteiger partial charge in [0.05, 0.1) is 16.3 Å². The molecule has 0 bridgehead atoms. The van der Waals surface area contributed by atoms with Crippen LogP contribution in [0.4, 0.5) is 4.79 Å². The van der Waals surface area contributed by atoms with Crippen molar-refractivity contribution >= 4 is 50.6 Å². The summed E-state index contributed by atoms with van der Waals surface area (Å²) < 4.78 is 29.7. The van der Waals surface area contributed by atoms with Crippen molar-refractivity contribution in [3.63, 3.8) is 0 Å². The molecular weight excluding hydrogens is 532 g/mol. The molecule has 4 aromatic rings. The van der Waals surface area contributed by atoms with Crippen LogP contribution in [0.3, 0.4) is 0 Å². The zero-order valence-corrected chi connectivity index (χ0v) is 21.5. The Morgan fingerprint density at radius 3 is 2.41 bits per heavy atom. The molecule has 1 aliphatic heterocycles. The molecule has 1 aliphatic rings. The van der Waals surface area contributed by atoms with Gasteiger partial charge >= 0.3 is 0 Å². The van der Waals surface area contributed by atoms with Gasteiger partial charge in [-0.2, -0.15) is 0 Å². The van der Waals surface area contributed by atoms with E-state index in [1.807, 2.05) is 12.1 Å². The number of nitrogens with two attached hydrogens (primary N) is 1. The highest BCUT2D eigenvalue weighted by molar-refractivity contribution is 8.18. The number of carbonyl (C=O) groups excluding carboxylic acids is 2. The van der Waals surface area contributed by atoms with Crippen molar-refractivity contribution in [1.29, 1.82) is 0 Å². The lowest BCUT2D eigenvalue weighted by Gasteiger charge is -2.13. The van der Waals surface area contributed by atoms with Crippen molar-refractivity contribution in [2.45, 2.75) is 11.4 Å². The van der Waals surface area contributed by atoms with Gasteiger partial charge in [-0.05, 0) is 53.2 Å². The van der Waals surface area contributed by atoms with Crippen molar-refractivity contribution < 1.29 is 22.4 Å². The Morgan fingerprint density at radius 1 is 0.919 bits per heavy atom. The zero-order valence-electron chi connectivity index (χ0n) is 19.1. The Bertz CT molecular complexity index is 1660. The summed E-state index contributed by atoms with van der Waals surface area (Å²) in [5, 5.41) is 5.53. The lowest BCUT2D eigenvalue weighted by molar-refractivity contribution is -0.123. The molecule has 2 N–H and O–H groups in total. The number of furan rings is 1. The van der Waals surface area contributed by atoms with Crippen molar-refractivity contribution in [3.8, 4) is 22.5 Å². The molecule has 0 atom stereocenters. The molecule has 37 heavy (non-hydrogen) atoms. The number of sulfonamides is 1. The third-order valence-corrected chi connectivity index (χ3v) is 7.79. The second-order valence-corrected chi connectivity index (χ2v) is 11.2. The van der Waals surface area contributed by atoms with Crippen LogP contribution in [0.15, 0.2) is 99.1 Å². The number of primary sulfonamides is 1. The number of amides is 2. The molecule has 2 amide bonds. The van der Waals surface area contributed by atoms with Crippen LogP contribution in [-0.4, -0.2) is 24.5 Å². The van der Waals surface area contributed by atoms with E-state index in [2.05, 4.69) is 0 Å². The number of nitrogens with zero attached hydrogens (tertiary/aromatic N) is 1. The van der Waals surface area contributed by atoms with E-state index < -0.39 is 15.9 Å². The highest BCUT2D eigenvalue weighted by Gasteiger charge is 2.35. The number of thioether (sulfide) groups is 1. The summed E-state index contributed by atoms with van der Waals surface area (Å²) in [4.78, 5) is 27.0. The number of halogens is 1. The first-order valence-electron chi connectivity index (χ1n) is 11.0. The summed E-state index contributed by atoms with van der Waals surface area (Å²) >= 11 is 6.89. The Hall–Kier alpha value is -3.63. The third-order valence-electron chi connectivity index (χ3n) is 5.68. The Morgan fingerprint density at radius 2 is 1.68 bits per heavy atom. The SMILES string of the molecule is NS(=O)(=O)c1ccccc1-c1ccc(CN2C(=O)S/C(=C\c3ccc(-c4cccc(Cl)c4)o3)C2=O)cc1. The van der Waals surface area contributed by atoms with Crippen LogP contribution in [0.1, 0.15) is 11.3 Å². The molecule has 5 rings (SSSR count). The first-order valence-corrected chi connectivity index (χ1v) is 13.8. The fraction of sp³-hybridized carbons (Fsp3) is 0.0370. The molecule has 0 radical (unpaired) electrons. The third kappa shape index (κ3) is 5.40. The van der Waals surface area contributed by atoms with E-state index in [4.69, 9.17) is 21.2 Å². The van der Waals surface area contributed by atoms with Crippen molar-refractivity contribution in [1.82, 2.24) is 4.90 Å². The molecule has 1 aromatic heterocycles. The van der Waals surface area contributed by atoms with Crippen LogP contribution in [0.25, 0.3) is 28.5 Å². The standard InChI is InChI=1S/C27H19ClN2O5S2/c28-20-5-3-4-19(14-20)23-13-12-21(35-23)15-24-26(31)30(27(32)36-24)16-17-8-10-18(11-9-17)22-6-1-2-7-25(22)37(29,33)34/h1-15H,16H2,(H2,29,33,34)/b24-15-. The minimum atomic E-state index is -3.89. The summed E-state index contributed by atoms with van der Waals surface area (Å²) in [5.41, 5.74) is 2.63. The van der Waals surface area contributed by atoms with Gasteiger partial charge in [-0.1, -0.05) is 66.2 Å². The summed E-state index contributed by atoms with van der Waals surface area (Å²) in [7, 11) is -3.89. The Balaban J connectivity index is 1.32. The van der Waals surface area contributed by atoms with E-state index >= 15 is 0 Å². The number of rotatable bonds is 6. The van der Waals surface area contributed by atoms with Gasteiger partial charge in [-0.25, -0.2) is 13.6 Å². The lowest BCUT2D eigenvalue weighted by atomic mass is 10.0. The average molecular weight is 551 g/mol. The number of imide groups is 1. The predicted octanol–water partition coefficient (Wildman–Crippen LogP) is 6.15. The van der Waals surface area contributed by atoms with Gasteiger partial charge in [0.15, 0.2) is 0 Å². The maximum Gasteiger partial charge on any atom is 0.293 e. The Kier molecular flexibility index (Phi) is 6.78. The van der Waals surface area contributed by atoms with Gasteiger partial charge in [0.2, 0.25) is 10.0 Å². The quantitative estimate of drug-likeness (QED) is 0.288. The minimum Gasteiger partial charge on any atom is -0.457 e. The molecule has 2 heterocycles. The van der Waals surface area contributed by atoms with Gasteiger partial charge in [0.25, 0.3) is 11.1 Å². The second kappa shape index (κ2) is 10.0. The van der Waals surface area contributed by atoms with E-state index in [0.717, 1.165) is 22.2 Å². The van der Waals surface area contributed by atoms with Crippen molar-refractivity contribution in [2.24, 2.45) is 5.14 Å². The zero-order chi connectivity index (χ0) is 26.2. The van der Waals surface area contributed by atoms with E-state index in [9.17, 15) is 18.0 Å². The first-order chi connectivity index (χ1) is 17.7. The summed E-state index contributed by atoms with van der Waals surface area (Å²) in [5.74, 6) is 0.620. The van der Waals surface area contributed by atoms with Crippen molar-refractivity contribution in [3.05, 3.63) is 106 Å².